The summed E-state index contributed by atoms with van der Waals surface area (Å²) in [4.78, 5) is 38.7. The molecule has 1 N–H and O–H groups in total. The molecular weight excluding hydrogens is 579 g/mol. The number of non-ortho nitro benzene ring substituents is 1. The topological polar surface area (TPSA) is 130 Å². The molecule has 0 radical (unpaired) electrons. The molecule has 1 atom stereocenters. The van der Waals surface area contributed by atoms with Crippen LogP contribution in [-0.2, 0) is 26.2 Å². The number of hydrogen-bond donors (Lipinski definition) is 1. The summed E-state index contributed by atoms with van der Waals surface area (Å²) in [6.07, 6.45) is 0.252. The first-order valence-electron chi connectivity index (χ1n) is 12.3. The Hall–Kier alpha value is -3.67. The summed E-state index contributed by atoms with van der Waals surface area (Å²) in [5.41, 5.74) is 0.386. The van der Waals surface area contributed by atoms with Crippen LogP contribution in [0.2, 0.25) is 10.0 Å². The van der Waals surface area contributed by atoms with Crippen molar-refractivity contribution in [2.45, 2.75) is 37.8 Å². The van der Waals surface area contributed by atoms with Crippen molar-refractivity contribution in [3.63, 3.8) is 0 Å². The average Bonchev–Trinajstić information content (AvgIpc) is 2.94. The van der Waals surface area contributed by atoms with Gasteiger partial charge < -0.3 is 10.2 Å². The summed E-state index contributed by atoms with van der Waals surface area (Å²) in [7, 11) is -4.29. The number of nitrogens with one attached hydrogen (secondary N) is 1. The van der Waals surface area contributed by atoms with Crippen molar-refractivity contribution >= 4 is 56.4 Å². The molecule has 212 valence electrons. The number of rotatable bonds is 12. The number of amides is 2. The number of carbonyl (C=O) groups is 2. The second-order valence-electron chi connectivity index (χ2n) is 8.69. The van der Waals surface area contributed by atoms with Gasteiger partial charge in [0.25, 0.3) is 15.7 Å². The first-order valence-corrected chi connectivity index (χ1v) is 14.5. The van der Waals surface area contributed by atoms with Crippen LogP contribution in [0.1, 0.15) is 25.8 Å². The van der Waals surface area contributed by atoms with Crippen molar-refractivity contribution in [3.05, 3.63) is 98.5 Å². The van der Waals surface area contributed by atoms with Crippen LogP contribution in [0.15, 0.2) is 77.7 Å². The highest BCUT2D eigenvalue weighted by Gasteiger charge is 2.33. The van der Waals surface area contributed by atoms with Crippen molar-refractivity contribution in [3.8, 4) is 0 Å². The Labute approximate surface area is 242 Å². The lowest BCUT2D eigenvalue weighted by Gasteiger charge is -2.33. The number of carbonyl (C=O) groups excluding carboxylic acids is 2. The third kappa shape index (κ3) is 7.29. The zero-order valence-electron chi connectivity index (χ0n) is 21.8. The summed E-state index contributed by atoms with van der Waals surface area (Å²) in [5.74, 6) is -1.06. The van der Waals surface area contributed by atoms with E-state index >= 15 is 0 Å². The van der Waals surface area contributed by atoms with E-state index in [2.05, 4.69) is 5.32 Å². The molecule has 0 fully saturated rings. The van der Waals surface area contributed by atoms with Gasteiger partial charge in [-0.25, -0.2) is 8.42 Å². The number of likely N-dealkylation sites (N-methyl/N-ethyl adjacent to an activating group) is 1. The first-order chi connectivity index (χ1) is 19.0. The predicted octanol–water partition coefficient (Wildman–Crippen LogP) is 5.04. The fourth-order valence-electron chi connectivity index (χ4n) is 4.04. The number of sulfonamides is 1. The number of nitro benzene ring substituents is 1. The van der Waals surface area contributed by atoms with Gasteiger partial charge in [0.15, 0.2) is 0 Å². The molecule has 0 spiro atoms. The monoisotopic (exact) mass is 606 g/mol. The Morgan fingerprint density at radius 1 is 0.975 bits per heavy atom. The zero-order chi connectivity index (χ0) is 29.4. The van der Waals surface area contributed by atoms with Crippen molar-refractivity contribution in [1.82, 2.24) is 10.2 Å². The molecule has 0 saturated heterocycles. The Bertz CT molecular complexity index is 1470. The highest BCUT2D eigenvalue weighted by atomic mass is 35.5. The molecule has 0 heterocycles. The zero-order valence-corrected chi connectivity index (χ0v) is 24.1. The summed E-state index contributed by atoms with van der Waals surface area (Å²) in [6, 6.07) is 16.2. The van der Waals surface area contributed by atoms with Gasteiger partial charge in [-0.1, -0.05) is 54.4 Å². The van der Waals surface area contributed by atoms with Gasteiger partial charge >= 0.3 is 0 Å². The SMILES string of the molecule is CCNC(=O)[C@@H](CC)N(Cc1ccc(Cl)c(Cl)c1)C(=O)CN(c1ccc([N+](=O)[O-])cc1)S(=O)(=O)c1ccccc1. The van der Waals surface area contributed by atoms with E-state index < -0.39 is 39.3 Å². The molecule has 3 aromatic rings. The third-order valence-electron chi connectivity index (χ3n) is 6.03. The molecule has 0 aliphatic heterocycles. The second-order valence-corrected chi connectivity index (χ2v) is 11.4. The van der Waals surface area contributed by atoms with Crippen LogP contribution in [0.5, 0.6) is 0 Å². The number of nitro groups is 1. The van der Waals surface area contributed by atoms with Gasteiger partial charge in [0.2, 0.25) is 11.8 Å². The lowest BCUT2D eigenvalue weighted by atomic mass is 10.1. The molecule has 0 aliphatic rings. The van der Waals surface area contributed by atoms with E-state index in [0.717, 1.165) is 16.4 Å². The molecule has 2 amide bonds. The van der Waals surface area contributed by atoms with E-state index in [-0.39, 0.29) is 34.3 Å². The summed E-state index contributed by atoms with van der Waals surface area (Å²) in [6.45, 7) is 3.10. The number of halogens is 2. The summed E-state index contributed by atoms with van der Waals surface area (Å²) < 4.78 is 28.3. The molecular formula is C27H28Cl2N4O6S. The van der Waals surface area contributed by atoms with Crippen LogP contribution in [-0.4, -0.2) is 49.2 Å². The van der Waals surface area contributed by atoms with Crippen LogP contribution >= 0.6 is 23.2 Å². The lowest BCUT2D eigenvalue weighted by molar-refractivity contribution is -0.384. The van der Waals surface area contributed by atoms with E-state index in [1.807, 2.05) is 0 Å². The first kappa shape index (κ1) is 30.9. The van der Waals surface area contributed by atoms with Gasteiger partial charge in [0, 0.05) is 25.2 Å². The molecule has 0 saturated carbocycles. The maximum atomic E-state index is 13.9. The molecule has 40 heavy (non-hydrogen) atoms. The van der Waals surface area contributed by atoms with E-state index in [9.17, 15) is 28.1 Å². The second kappa shape index (κ2) is 13.6. The fourth-order valence-corrected chi connectivity index (χ4v) is 5.79. The van der Waals surface area contributed by atoms with Crippen molar-refractivity contribution in [1.29, 1.82) is 0 Å². The lowest BCUT2D eigenvalue weighted by Crippen LogP contribution is -2.52. The van der Waals surface area contributed by atoms with Crippen LogP contribution in [0.3, 0.4) is 0 Å². The van der Waals surface area contributed by atoms with Crippen molar-refractivity contribution in [2.75, 3.05) is 17.4 Å². The minimum atomic E-state index is -4.29. The van der Waals surface area contributed by atoms with Gasteiger partial charge in [-0.05, 0) is 55.3 Å². The van der Waals surface area contributed by atoms with Gasteiger partial charge in [0.05, 0.1) is 25.6 Å². The van der Waals surface area contributed by atoms with E-state index in [1.165, 1.54) is 29.2 Å². The molecule has 0 bridgehead atoms. The van der Waals surface area contributed by atoms with Gasteiger partial charge in [-0.2, -0.15) is 0 Å². The standard InChI is InChI=1S/C27H28Cl2N4O6S/c1-3-25(27(35)30-4-2)31(17-19-10-15-23(28)24(29)16-19)26(34)18-32(20-11-13-21(14-12-20)33(36)37)40(38,39)22-8-6-5-7-9-22/h5-16,25H,3-4,17-18H2,1-2H3,(H,30,35)/t25-/m1/s1. The quantitative estimate of drug-likeness (QED) is 0.227. The molecule has 3 rings (SSSR count). The smallest absolute Gasteiger partial charge is 0.269 e. The normalized spacial score (nSPS) is 11.9. The number of nitrogens with zero attached hydrogens (tertiary/aromatic N) is 3. The fraction of sp³-hybridized carbons (Fsp3) is 0.259. The van der Waals surface area contributed by atoms with Crippen LogP contribution in [0.25, 0.3) is 0 Å². The number of anilines is 1. The summed E-state index contributed by atoms with van der Waals surface area (Å²) >= 11 is 12.2. The largest absolute Gasteiger partial charge is 0.355 e. The summed E-state index contributed by atoms with van der Waals surface area (Å²) in [5, 5.41) is 14.5. The Morgan fingerprint density at radius 3 is 2.17 bits per heavy atom. The number of benzene rings is 3. The minimum Gasteiger partial charge on any atom is -0.355 e. The van der Waals surface area contributed by atoms with Crippen LogP contribution in [0, 0.1) is 10.1 Å². The minimum absolute atomic E-state index is 0.0448. The van der Waals surface area contributed by atoms with E-state index in [0.29, 0.717) is 17.1 Å². The van der Waals surface area contributed by atoms with Gasteiger partial charge in [-0.15, -0.1) is 0 Å². The van der Waals surface area contributed by atoms with Crippen LogP contribution < -0.4 is 9.62 Å². The highest BCUT2D eigenvalue weighted by molar-refractivity contribution is 7.92. The van der Waals surface area contributed by atoms with E-state index in [4.69, 9.17) is 23.2 Å². The highest BCUT2D eigenvalue weighted by Crippen LogP contribution is 2.28. The van der Waals surface area contributed by atoms with Crippen molar-refractivity contribution in [2.24, 2.45) is 0 Å². The molecule has 10 nitrogen and oxygen atoms in total. The number of hydrogen-bond acceptors (Lipinski definition) is 6. The van der Waals surface area contributed by atoms with Crippen LogP contribution in [0.4, 0.5) is 11.4 Å². The third-order valence-corrected chi connectivity index (χ3v) is 8.56. The molecule has 3 aromatic carbocycles. The molecule has 13 heteroatoms. The Kier molecular flexibility index (Phi) is 10.5. The van der Waals surface area contributed by atoms with Gasteiger partial charge in [0.1, 0.15) is 12.6 Å². The molecule has 0 unspecified atom stereocenters. The van der Waals surface area contributed by atoms with Crippen molar-refractivity contribution < 1.29 is 22.9 Å². The Morgan fingerprint density at radius 2 is 1.62 bits per heavy atom. The molecule has 0 aliphatic carbocycles. The maximum Gasteiger partial charge on any atom is 0.269 e. The average molecular weight is 608 g/mol. The predicted molar refractivity (Wildman–Crippen MR) is 154 cm³/mol. The maximum absolute atomic E-state index is 13.9. The van der Waals surface area contributed by atoms with E-state index in [1.54, 1.807) is 50.2 Å². The van der Waals surface area contributed by atoms with Gasteiger partial charge in [-0.3, -0.25) is 24.0 Å². The molecule has 0 aromatic heterocycles. The Balaban J connectivity index is 2.08.